The molecule has 3 rings (SSSR count). The third-order valence-corrected chi connectivity index (χ3v) is 5.42. The third kappa shape index (κ3) is 5.98. The lowest BCUT2D eigenvalue weighted by Crippen LogP contribution is -2.10. The van der Waals surface area contributed by atoms with Crippen molar-refractivity contribution in [1.29, 1.82) is 0 Å². The molecule has 3 aromatic carbocycles. The Morgan fingerprint density at radius 3 is 2.35 bits per heavy atom. The number of amides is 1. The number of hydrogen-bond acceptors (Lipinski definition) is 3. The Morgan fingerprint density at radius 2 is 1.71 bits per heavy atom. The van der Waals surface area contributed by atoms with Crippen LogP contribution in [0.5, 0.6) is 11.5 Å². The van der Waals surface area contributed by atoms with Crippen molar-refractivity contribution in [3.63, 3.8) is 0 Å². The van der Waals surface area contributed by atoms with Crippen LogP contribution in [0, 0.1) is 20.8 Å². The van der Waals surface area contributed by atoms with E-state index in [1.54, 1.807) is 13.2 Å². The molecule has 0 heterocycles. The van der Waals surface area contributed by atoms with Gasteiger partial charge in [0.05, 0.1) is 11.6 Å². The fraction of sp³-hybridized carbons (Fsp3) is 0.192. The van der Waals surface area contributed by atoms with Gasteiger partial charge in [0, 0.05) is 11.8 Å². The second-order valence-electron chi connectivity index (χ2n) is 7.40. The van der Waals surface area contributed by atoms with E-state index >= 15 is 0 Å². The average molecular weight is 480 g/mol. The number of rotatable bonds is 7. The van der Waals surface area contributed by atoms with E-state index in [0.29, 0.717) is 18.1 Å². The largest absolute Gasteiger partial charge is 0.493 e. The Bertz CT molecular complexity index is 1080. The highest BCUT2D eigenvalue weighted by molar-refractivity contribution is 9.10. The highest BCUT2D eigenvalue weighted by atomic mass is 79.9. The van der Waals surface area contributed by atoms with Gasteiger partial charge in [-0.2, -0.15) is 0 Å². The molecule has 0 fully saturated rings. The van der Waals surface area contributed by atoms with Gasteiger partial charge in [-0.1, -0.05) is 48.0 Å². The molecule has 1 amide bonds. The van der Waals surface area contributed by atoms with Gasteiger partial charge in [-0.3, -0.25) is 4.79 Å². The van der Waals surface area contributed by atoms with Crippen molar-refractivity contribution < 1.29 is 14.3 Å². The van der Waals surface area contributed by atoms with E-state index in [0.717, 1.165) is 32.4 Å². The maximum absolute atomic E-state index is 12.5. The van der Waals surface area contributed by atoms with Gasteiger partial charge in [-0.05, 0) is 77.2 Å². The van der Waals surface area contributed by atoms with Gasteiger partial charge in [0.25, 0.3) is 0 Å². The number of methoxy groups -OCH3 is 1. The number of hydrogen-bond donors (Lipinski definition) is 1. The van der Waals surface area contributed by atoms with E-state index < -0.39 is 0 Å². The van der Waals surface area contributed by atoms with Gasteiger partial charge in [0.2, 0.25) is 5.91 Å². The molecule has 3 aromatic rings. The summed E-state index contributed by atoms with van der Waals surface area (Å²) in [5, 5.41) is 2.98. The van der Waals surface area contributed by atoms with E-state index in [-0.39, 0.29) is 5.91 Å². The standard InChI is InChI=1S/C26H26BrNO3/c1-17-12-18(2)25(19(3)13-17)28-24(29)11-10-21-14-22(27)26(23(15-21)30-4)31-16-20-8-6-5-7-9-20/h5-15H,16H2,1-4H3,(H,28,29)/b11-10+. The Hall–Kier alpha value is -3.05. The van der Waals surface area contributed by atoms with E-state index in [1.165, 1.54) is 11.6 Å². The van der Waals surface area contributed by atoms with Gasteiger partial charge >= 0.3 is 0 Å². The van der Waals surface area contributed by atoms with Crippen molar-refractivity contribution in [1.82, 2.24) is 0 Å². The van der Waals surface area contributed by atoms with Crippen LogP contribution in [0.4, 0.5) is 5.69 Å². The third-order valence-electron chi connectivity index (χ3n) is 4.83. The molecule has 0 aliphatic rings. The second-order valence-corrected chi connectivity index (χ2v) is 8.26. The topological polar surface area (TPSA) is 47.6 Å². The van der Waals surface area contributed by atoms with Crippen molar-refractivity contribution in [2.24, 2.45) is 0 Å². The maximum Gasteiger partial charge on any atom is 0.248 e. The average Bonchev–Trinajstić information content (AvgIpc) is 2.74. The Labute approximate surface area is 192 Å². The van der Waals surface area contributed by atoms with Crippen LogP contribution in [-0.2, 0) is 11.4 Å². The van der Waals surface area contributed by atoms with Crippen LogP contribution in [-0.4, -0.2) is 13.0 Å². The Kier molecular flexibility index (Phi) is 7.53. The maximum atomic E-state index is 12.5. The van der Waals surface area contributed by atoms with Crippen LogP contribution in [0.3, 0.4) is 0 Å². The highest BCUT2D eigenvalue weighted by Crippen LogP contribution is 2.37. The molecule has 0 unspecified atom stereocenters. The molecule has 0 saturated heterocycles. The summed E-state index contributed by atoms with van der Waals surface area (Å²) in [6.45, 7) is 6.47. The quantitative estimate of drug-likeness (QED) is 0.387. The smallest absolute Gasteiger partial charge is 0.248 e. The second kappa shape index (κ2) is 10.3. The number of carbonyl (C=O) groups excluding carboxylic acids is 1. The van der Waals surface area contributed by atoms with Crippen molar-refractivity contribution in [2.75, 3.05) is 12.4 Å². The summed E-state index contributed by atoms with van der Waals surface area (Å²) in [6.07, 6.45) is 3.27. The molecule has 160 valence electrons. The highest BCUT2D eigenvalue weighted by Gasteiger charge is 2.12. The van der Waals surface area contributed by atoms with Crippen LogP contribution < -0.4 is 14.8 Å². The first kappa shape index (κ1) is 22.6. The molecule has 0 atom stereocenters. The zero-order valence-electron chi connectivity index (χ0n) is 18.2. The number of nitrogens with one attached hydrogen (secondary N) is 1. The van der Waals surface area contributed by atoms with Crippen molar-refractivity contribution >= 4 is 33.6 Å². The van der Waals surface area contributed by atoms with E-state index in [2.05, 4.69) is 33.4 Å². The summed E-state index contributed by atoms with van der Waals surface area (Å²) < 4.78 is 12.2. The molecule has 0 aliphatic carbocycles. The molecule has 0 radical (unpaired) electrons. The molecule has 0 aliphatic heterocycles. The number of halogens is 1. The van der Waals surface area contributed by atoms with Gasteiger partial charge in [0.1, 0.15) is 6.61 Å². The summed E-state index contributed by atoms with van der Waals surface area (Å²) in [7, 11) is 1.60. The monoisotopic (exact) mass is 479 g/mol. The summed E-state index contributed by atoms with van der Waals surface area (Å²) in [5.41, 5.74) is 6.01. The number of benzene rings is 3. The molecule has 0 bridgehead atoms. The SMILES string of the molecule is COc1cc(/C=C/C(=O)Nc2c(C)cc(C)cc2C)cc(Br)c1OCc1ccccc1. The minimum Gasteiger partial charge on any atom is -0.493 e. The Morgan fingerprint density at radius 1 is 1.03 bits per heavy atom. The lowest BCUT2D eigenvalue weighted by Gasteiger charge is -2.14. The molecular weight excluding hydrogens is 454 g/mol. The molecule has 4 nitrogen and oxygen atoms in total. The molecular formula is C26H26BrNO3. The fourth-order valence-electron chi connectivity index (χ4n) is 3.42. The number of ether oxygens (including phenoxy) is 2. The van der Waals surface area contributed by atoms with Crippen molar-refractivity contribution in [3.05, 3.63) is 93.0 Å². The zero-order chi connectivity index (χ0) is 22.4. The molecule has 1 N–H and O–H groups in total. The lowest BCUT2D eigenvalue weighted by atomic mass is 10.1. The van der Waals surface area contributed by atoms with Crippen LogP contribution in [0.15, 0.2) is 65.1 Å². The summed E-state index contributed by atoms with van der Waals surface area (Å²) in [4.78, 5) is 12.5. The fourth-order valence-corrected chi connectivity index (χ4v) is 3.99. The van der Waals surface area contributed by atoms with Crippen LogP contribution >= 0.6 is 15.9 Å². The van der Waals surface area contributed by atoms with E-state index in [1.807, 2.05) is 63.2 Å². The lowest BCUT2D eigenvalue weighted by molar-refractivity contribution is -0.111. The predicted octanol–water partition coefficient (Wildman–Crippen LogP) is 6.61. The van der Waals surface area contributed by atoms with Crippen LogP contribution in [0.1, 0.15) is 27.8 Å². The first-order valence-electron chi connectivity index (χ1n) is 9.98. The normalized spacial score (nSPS) is 10.9. The molecule has 0 spiro atoms. The van der Waals surface area contributed by atoms with Gasteiger partial charge in [0.15, 0.2) is 11.5 Å². The first-order valence-corrected chi connectivity index (χ1v) is 10.8. The van der Waals surface area contributed by atoms with Gasteiger partial charge in [-0.25, -0.2) is 0 Å². The summed E-state index contributed by atoms with van der Waals surface area (Å²) in [6, 6.07) is 17.8. The summed E-state index contributed by atoms with van der Waals surface area (Å²) in [5.74, 6) is 1.03. The number of anilines is 1. The predicted molar refractivity (Wildman–Crippen MR) is 130 cm³/mol. The summed E-state index contributed by atoms with van der Waals surface area (Å²) >= 11 is 3.56. The minimum atomic E-state index is -0.186. The first-order chi connectivity index (χ1) is 14.9. The molecule has 31 heavy (non-hydrogen) atoms. The van der Waals surface area contributed by atoms with Gasteiger partial charge < -0.3 is 14.8 Å². The van der Waals surface area contributed by atoms with Crippen LogP contribution in [0.2, 0.25) is 0 Å². The number of aryl methyl sites for hydroxylation is 3. The minimum absolute atomic E-state index is 0.186. The van der Waals surface area contributed by atoms with E-state index in [4.69, 9.17) is 9.47 Å². The molecule has 0 saturated carbocycles. The Balaban J connectivity index is 1.73. The van der Waals surface area contributed by atoms with Gasteiger partial charge in [-0.15, -0.1) is 0 Å². The van der Waals surface area contributed by atoms with Crippen molar-refractivity contribution in [2.45, 2.75) is 27.4 Å². The molecule has 0 aromatic heterocycles. The van der Waals surface area contributed by atoms with Crippen LogP contribution in [0.25, 0.3) is 6.08 Å². The molecule has 5 heteroatoms. The zero-order valence-corrected chi connectivity index (χ0v) is 19.7. The van der Waals surface area contributed by atoms with Crippen molar-refractivity contribution in [3.8, 4) is 11.5 Å². The number of carbonyl (C=O) groups is 1. The van der Waals surface area contributed by atoms with E-state index in [9.17, 15) is 4.79 Å².